The fraction of sp³-hybridized carbons (Fsp3) is 0.250. The van der Waals surface area contributed by atoms with Crippen molar-refractivity contribution in [2.24, 2.45) is 0 Å². The van der Waals surface area contributed by atoms with Crippen molar-refractivity contribution in [1.29, 1.82) is 0 Å². The first-order valence-electron chi connectivity index (χ1n) is 6.58. The van der Waals surface area contributed by atoms with Gasteiger partial charge >= 0.3 is 0 Å². The van der Waals surface area contributed by atoms with Crippen LogP contribution in [0.5, 0.6) is 5.75 Å². The highest BCUT2D eigenvalue weighted by atomic mass is 79.9. The Bertz CT molecular complexity index is 573. The van der Waals surface area contributed by atoms with Gasteiger partial charge in [-0.1, -0.05) is 6.07 Å². The number of ether oxygens (including phenoxy) is 2. The maximum Gasteiger partial charge on any atom is 0.119 e. The van der Waals surface area contributed by atoms with Crippen LogP contribution in [0.25, 0.3) is 0 Å². The lowest BCUT2D eigenvalue weighted by Gasteiger charge is -2.09. The molecule has 0 atom stereocenters. The summed E-state index contributed by atoms with van der Waals surface area (Å²) in [7, 11) is 1.66. The van der Waals surface area contributed by atoms with Gasteiger partial charge in [-0.3, -0.25) is 0 Å². The van der Waals surface area contributed by atoms with Gasteiger partial charge in [0.1, 0.15) is 12.4 Å². The number of hydrogen-bond donors (Lipinski definition) is 1. The van der Waals surface area contributed by atoms with Gasteiger partial charge in [-0.15, -0.1) is 0 Å². The quantitative estimate of drug-likeness (QED) is 0.657. The third-order valence-corrected chi connectivity index (χ3v) is 4.77. The Labute approximate surface area is 141 Å². The molecule has 0 aliphatic carbocycles. The van der Waals surface area contributed by atoms with E-state index < -0.39 is 0 Å². The predicted molar refractivity (Wildman–Crippen MR) is 93.0 cm³/mol. The molecular weight excluding hydrogens is 398 g/mol. The third kappa shape index (κ3) is 5.34. The average molecular weight is 415 g/mol. The Morgan fingerprint density at radius 2 is 1.71 bits per heavy atom. The summed E-state index contributed by atoms with van der Waals surface area (Å²) < 4.78 is 12.6. The van der Waals surface area contributed by atoms with E-state index in [4.69, 9.17) is 9.47 Å². The Kier molecular flexibility index (Phi) is 6.54. The van der Waals surface area contributed by atoms with E-state index in [0.717, 1.165) is 26.9 Å². The first-order valence-corrected chi connectivity index (χ1v) is 8.17. The highest BCUT2D eigenvalue weighted by Crippen LogP contribution is 2.24. The van der Waals surface area contributed by atoms with Crippen molar-refractivity contribution in [2.75, 3.05) is 25.6 Å². The van der Waals surface area contributed by atoms with E-state index in [1.165, 1.54) is 5.56 Å². The molecule has 0 unspecified atom stereocenters. The lowest BCUT2D eigenvalue weighted by Crippen LogP contribution is -2.04. The van der Waals surface area contributed by atoms with Crippen molar-refractivity contribution >= 4 is 37.5 Å². The van der Waals surface area contributed by atoms with Gasteiger partial charge < -0.3 is 14.8 Å². The molecule has 0 bridgehead atoms. The summed E-state index contributed by atoms with van der Waals surface area (Å²) in [5.41, 5.74) is 2.28. The molecule has 0 spiro atoms. The Morgan fingerprint density at radius 1 is 0.952 bits per heavy atom. The smallest absolute Gasteiger partial charge is 0.119 e. The Balaban J connectivity index is 1.86. The van der Waals surface area contributed by atoms with Gasteiger partial charge in [0.2, 0.25) is 0 Å². The van der Waals surface area contributed by atoms with E-state index in [9.17, 15) is 0 Å². The Morgan fingerprint density at radius 3 is 2.38 bits per heavy atom. The summed E-state index contributed by atoms with van der Waals surface area (Å²) in [5, 5.41) is 3.39. The third-order valence-electron chi connectivity index (χ3n) is 2.89. The molecule has 0 heterocycles. The van der Waals surface area contributed by atoms with Crippen LogP contribution in [0.2, 0.25) is 0 Å². The molecule has 0 aromatic heterocycles. The summed E-state index contributed by atoms with van der Waals surface area (Å²) in [6.07, 6.45) is 0. The number of halogens is 2. The fourth-order valence-electron chi connectivity index (χ4n) is 1.77. The molecule has 2 aromatic carbocycles. The molecule has 2 aromatic rings. The van der Waals surface area contributed by atoms with Crippen LogP contribution >= 0.6 is 31.9 Å². The molecule has 1 N–H and O–H groups in total. The highest BCUT2D eigenvalue weighted by Gasteiger charge is 2.00. The largest absolute Gasteiger partial charge is 0.491 e. The monoisotopic (exact) mass is 413 g/mol. The second-order valence-corrected chi connectivity index (χ2v) is 6.18. The minimum Gasteiger partial charge on any atom is -0.491 e. The molecule has 5 heteroatoms. The number of methoxy groups -OCH3 is 1. The van der Waals surface area contributed by atoms with Gasteiger partial charge in [-0.05, 0) is 73.8 Å². The van der Waals surface area contributed by atoms with Crippen LogP contribution in [-0.2, 0) is 11.3 Å². The number of benzene rings is 2. The van der Waals surface area contributed by atoms with Gasteiger partial charge in [0.15, 0.2) is 0 Å². The van der Waals surface area contributed by atoms with Crippen LogP contribution in [-0.4, -0.2) is 20.3 Å². The first kappa shape index (κ1) is 16.3. The number of nitrogens with one attached hydrogen (secondary N) is 1. The van der Waals surface area contributed by atoms with Crippen molar-refractivity contribution in [3.8, 4) is 5.75 Å². The van der Waals surface area contributed by atoms with Crippen LogP contribution in [0.3, 0.4) is 0 Å². The zero-order valence-corrected chi connectivity index (χ0v) is 14.9. The van der Waals surface area contributed by atoms with E-state index in [1.807, 2.05) is 30.3 Å². The second kappa shape index (κ2) is 8.41. The molecule has 0 fully saturated rings. The van der Waals surface area contributed by atoms with E-state index in [2.05, 4.69) is 49.3 Å². The van der Waals surface area contributed by atoms with Gasteiger partial charge in [0.25, 0.3) is 0 Å². The van der Waals surface area contributed by atoms with Crippen molar-refractivity contribution in [3.63, 3.8) is 0 Å². The highest BCUT2D eigenvalue weighted by molar-refractivity contribution is 9.13. The Hall–Kier alpha value is -1.04. The summed E-state index contributed by atoms with van der Waals surface area (Å²) >= 11 is 6.98. The van der Waals surface area contributed by atoms with Crippen molar-refractivity contribution in [2.45, 2.75) is 6.54 Å². The average Bonchev–Trinajstić information content (AvgIpc) is 2.50. The van der Waals surface area contributed by atoms with E-state index in [-0.39, 0.29) is 0 Å². The number of rotatable bonds is 7. The number of anilines is 1. The molecule has 0 amide bonds. The number of hydrogen-bond acceptors (Lipinski definition) is 3. The molecular formula is C16H17Br2NO2. The fourth-order valence-corrected chi connectivity index (χ4v) is 2.44. The molecule has 3 nitrogen and oxygen atoms in total. The second-order valence-electron chi connectivity index (χ2n) is 4.47. The lowest BCUT2D eigenvalue weighted by atomic mass is 10.2. The minimum absolute atomic E-state index is 0.566. The van der Waals surface area contributed by atoms with Gasteiger partial charge in [-0.25, -0.2) is 0 Å². The molecule has 0 saturated heterocycles. The van der Waals surface area contributed by atoms with Crippen LogP contribution in [0.15, 0.2) is 51.4 Å². The van der Waals surface area contributed by atoms with Crippen LogP contribution in [0, 0.1) is 0 Å². The summed E-state index contributed by atoms with van der Waals surface area (Å²) in [6, 6.07) is 14.1. The maximum atomic E-state index is 5.53. The van der Waals surface area contributed by atoms with Crippen molar-refractivity contribution in [3.05, 3.63) is 57.0 Å². The van der Waals surface area contributed by atoms with Gasteiger partial charge in [-0.2, -0.15) is 0 Å². The predicted octanol–water partition coefficient (Wildman–Crippen LogP) is 4.85. The zero-order chi connectivity index (χ0) is 15.1. The molecule has 112 valence electrons. The lowest BCUT2D eigenvalue weighted by molar-refractivity contribution is 0.146. The van der Waals surface area contributed by atoms with E-state index in [0.29, 0.717) is 13.2 Å². The van der Waals surface area contributed by atoms with Crippen LogP contribution in [0.1, 0.15) is 5.56 Å². The SMILES string of the molecule is COCCOc1ccc(NCc2ccc(Br)c(Br)c2)cc1. The molecule has 0 aliphatic rings. The van der Waals surface area contributed by atoms with E-state index in [1.54, 1.807) is 7.11 Å². The van der Waals surface area contributed by atoms with Gasteiger partial charge in [0, 0.05) is 28.3 Å². The van der Waals surface area contributed by atoms with Gasteiger partial charge in [0.05, 0.1) is 6.61 Å². The van der Waals surface area contributed by atoms with Crippen LogP contribution in [0.4, 0.5) is 5.69 Å². The minimum atomic E-state index is 0.566. The summed E-state index contributed by atoms with van der Waals surface area (Å²) in [4.78, 5) is 0. The van der Waals surface area contributed by atoms with Crippen molar-refractivity contribution < 1.29 is 9.47 Å². The normalized spacial score (nSPS) is 10.4. The molecule has 0 radical (unpaired) electrons. The zero-order valence-electron chi connectivity index (χ0n) is 11.7. The molecule has 21 heavy (non-hydrogen) atoms. The summed E-state index contributed by atoms with van der Waals surface area (Å²) in [5.74, 6) is 0.851. The standard InChI is InChI=1S/C16H17Br2NO2/c1-20-8-9-21-14-5-3-13(4-6-14)19-11-12-2-7-15(17)16(18)10-12/h2-7,10,19H,8-9,11H2,1H3. The molecule has 0 aliphatic heterocycles. The molecule has 0 saturated carbocycles. The van der Waals surface area contributed by atoms with E-state index >= 15 is 0 Å². The topological polar surface area (TPSA) is 30.5 Å². The molecule has 2 rings (SSSR count). The van der Waals surface area contributed by atoms with Crippen LogP contribution < -0.4 is 10.1 Å². The first-order chi connectivity index (χ1) is 10.2. The van der Waals surface area contributed by atoms with Crippen molar-refractivity contribution in [1.82, 2.24) is 0 Å². The maximum absolute atomic E-state index is 5.53. The summed E-state index contributed by atoms with van der Waals surface area (Å²) in [6.45, 7) is 1.93.